The normalized spacial score (nSPS) is 18.3. The summed E-state index contributed by atoms with van der Waals surface area (Å²) in [6, 6.07) is 10.6. The second kappa shape index (κ2) is 8.34. The lowest BCUT2D eigenvalue weighted by molar-refractivity contribution is -0.117. The number of anilines is 3. The van der Waals surface area contributed by atoms with Crippen LogP contribution in [0.25, 0.3) is 0 Å². The van der Waals surface area contributed by atoms with E-state index >= 15 is 0 Å². The van der Waals surface area contributed by atoms with E-state index < -0.39 is 10.0 Å². The summed E-state index contributed by atoms with van der Waals surface area (Å²) in [6.45, 7) is 4.92. The molecule has 164 valence electrons. The van der Waals surface area contributed by atoms with Gasteiger partial charge in [0, 0.05) is 36.4 Å². The molecule has 7 nitrogen and oxygen atoms in total. The third kappa shape index (κ3) is 4.30. The van der Waals surface area contributed by atoms with Gasteiger partial charge in [0.15, 0.2) is 0 Å². The Labute approximate surface area is 183 Å². The molecule has 2 amide bonds. The Balaban J connectivity index is 1.55. The lowest BCUT2D eigenvalue weighted by Gasteiger charge is -2.29. The lowest BCUT2D eigenvalue weighted by atomic mass is 10.1. The molecule has 0 unspecified atom stereocenters. The highest BCUT2D eigenvalue weighted by molar-refractivity contribution is 7.92. The van der Waals surface area contributed by atoms with E-state index in [9.17, 15) is 18.0 Å². The van der Waals surface area contributed by atoms with Crippen molar-refractivity contribution in [2.24, 2.45) is 0 Å². The van der Waals surface area contributed by atoms with Crippen LogP contribution in [0, 0.1) is 13.8 Å². The van der Waals surface area contributed by atoms with Crippen LogP contribution in [0.4, 0.5) is 17.1 Å². The molecule has 0 aromatic heterocycles. The monoisotopic (exact) mass is 441 g/mol. The van der Waals surface area contributed by atoms with Crippen LogP contribution in [0.5, 0.6) is 0 Å². The highest BCUT2D eigenvalue weighted by atomic mass is 32.2. The number of nitrogens with zero attached hydrogens (tertiary/aromatic N) is 2. The van der Waals surface area contributed by atoms with Crippen LogP contribution < -0.4 is 14.5 Å². The quantitative estimate of drug-likeness (QED) is 0.785. The van der Waals surface area contributed by atoms with Crippen LogP contribution in [-0.4, -0.2) is 39.1 Å². The van der Waals surface area contributed by atoms with E-state index in [4.69, 9.17) is 0 Å². The van der Waals surface area contributed by atoms with E-state index in [1.54, 1.807) is 29.2 Å². The van der Waals surface area contributed by atoms with E-state index in [0.717, 1.165) is 36.2 Å². The predicted molar refractivity (Wildman–Crippen MR) is 122 cm³/mol. The van der Waals surface area contributed by atoms with Crippen LogP contribution in [0.15, 0.2) is 36.4 Å². The van der Waals surface area contributed by atoms with Crippen LogP contribution in [0.1, 0.15) is 47.2 Å². The Bertz CT molecular complexity index is 1140. The third-order valence-corrected chi connectivity index (χ3v) is 7.76. The number of hydrogen-bond donors (Lipinski definition) is 1. The fourth-order valence-corrected chi connectivity index (χ4v) is 5.91. The topological polar surface area (TPSA) is 86.8 Å². The van der Waals surface area contributed by atoms with Crippen molar-refractivity contribution >= 4 is 38.9 Å². The number of aryl methyl sites for hydroxylation is 2. The largest absolute Gasteiger partial charge is 0.322 e. The van der Waals surface area contributed by atoms with Crippen LogP contribution in [-0.2, 0) is 14.8 Å². The fourth-order valence-electron chi connectivity index (χ4n) is 4.22. The van der Waals surface area contributed by atoms with Crippen molar-refractivity contribution in [3.8, 4) is 0 Å². The molecular weight excluding hydrogens is 414 g/mol. The maximum atomic E-state index is 12.9. The number of hydrogen-bond acceptors (Lipinski definition) is 4. The Morgan fingerprint density at radius 1 is 0.935 bits per heavy atom. The fraction of sp³-hybridized carbons (Fsp3) is 0.391. The summed E-state index contributed by atoms with van der Waals surface area (Å²) < 4.78 is 26.4. The van der Waals surface area contributed by atoms with E-state index in [-0.39, 0.29) is 17.6 Å². The zero-order valence-electron chi connectivity index (χ0n) is 17.8. The zero-order valence-corrected chi connectivity index (χ0v) is 18.7. The summed E-state index contributed by atoms with van der Waals surface area (Å²) in [5, 5.41) is 2.89. The summed E-state index contributed by atoms with van der Waals surface area (Å²) in [6.07, 6.45) is 2.90. The smallest absolute Gasteiger partial charge is 0.255 e. The van der Waals surface area contributed by atoms with Crippen molar-refractivity contribution in [3.05, 3.63) is 53.1 Å². The first-order chi connectivity index (χ1) is 14.8. The molecule has 8 heteroatoms. The second-order valence-corrected chi connectivity index (χ2v) is 10.2. The third-order valence-electron chi connectivity index (χ3n) is 5.91. The number of carbonyl (C=O) groups is 2. The van der Waals surface area contributed by atoms with Gasteiger partial charge in [0.05, 0.1) is 11.4 Å². The van der Waals surface area contributed by atoms with E-state index in [0.29, 0.717) is 36.3 Å². The molecule has 2 aromatic rings. The van der Waals surface area contributed by atoms with Gasteiger partial charge in [-0.2, -0.15) is 0 Å². The molecular formula is C23H27N3O4S. The summed E-state index contributed by atoms with van der Waals surface area (Å²) in [7, 11) is -3.35. The van der Waals surface area contributed by atoms with Crippen molar-refractivity contribution in [2.75, 3.05) is 33.4 Å². The Kier molecular flexibility index (Phi) is 5.75. The van der Waals surface area contributed by atoms with Crippen molar-refractivity contribution in [2.45, 2.75) is 39.5 Å². The number of sulfonamides is 1. The highest BCUT2D eigenvalue weighted by Crippen LogP contribution is 2.30. The first-order valence-electron chi connectivity index (χ1n) is 10.6. The Morgan fingerprint density at radius 3 is 2.42 bits per heavy atom. The van der Waals surface area contributed by atoms with E-state index in [2.05, 4.69) is 5.32 Å². The number of benzene rings is 2. The van der Waals surface area contributed by atoms with Gasteiger partial charge in [0.2, 0.25) is 15.9 Å². The van der Waals surface area contributed by atoms with Crippen LogP contribution in [0.3, 0.4) is 0 Å². The maximum absolute atomic E-state index is 12.9. The number of nitrogens with one attached hydrogen (secondary N) is 1. The molecule has 0 radical (unpaired) electrons. The standard InChI is InChI=1S/C23H27N3O4S/c1-16-7-8-18(15-21(16)26-12-3-4-13-31(26,29)30)23(28)24-19-9-10-20(17(2)14-19)25-11-5-6-22(25)27/h7-10,14-15H,3-6,11-13H2,1-2H3,(H,24,28). The molecule has 31 heavy (non-hydrogen) atoms. The number of rotatable bonds is 4. The molecule has 4 rings (SSSR count). The predicted octanol–water partition coefficient (Wildman–Crippen LogP) is 3.61. The molecule has 1 N–H and O–H groups in total. The van der Waals surface area contributed by atoms with E-state index in [1.165, 1.54) is 4.31 Å². The minimum Gasteiger partial charge on any atom is -0.322 e. The van der Waals surface area contributed by atoms with Gasteiger partial charge in [0.1, 0.15) is 0 Å². The van der Waals surface area contributed by atoms with Crippen molar-refractivity contribution in [3.63, 3.8) is 0 Å². The number of carbonyl (C=O) groups excluding carboxylic acids is 2. The van der Waals surface area contributed by atoms with E-state index in [1.807, 2.05) is 26.0 Å². The molecule has 2 saturated heterocycles. The van der Waals surface area contributed by atoms with Crippen molar-refractivity contribution in [1.82, 2.24) is 0 Å². The highest BCUT2D eigenvalue weighted by Gasteiger charge is 2.28. The minimum atomic E-state index is -3.35. The van der Waals surface area contributed by atoms with Gasteiger partial charge in [-0.3, -0.25) is 13.9 Å². The molecule has 2 aliphatic heterocycles. The minimum absolute atomic E-state index is 0.125. The lowest BCUT2D eigenvalue weighted by Crippen LogP contribution is -2.38. The average Bonchev–Trinajstić information content (AvgIpc) is 3.14. The summed E-state index contributed by atoms with van der Waals surface area (Å²) in [4.78, 5) is 26.7. The molecule has 0 saturated carbocycles. The maximum Gasteiger partial charge on any atom is 0.255 e. The van der Waals surface area contributed by atoms with Gasteiger partial charge in [0.25, 0.3) is 5.91 Å². The molecule has 0 bridgehead atoms. The first kappa shape index (κ1) is 21.4. The molecule has 2 heterocycles. The van der Waals surface area contributed by atoms with Gasteiger partial charge < -0.3 is 10.2 Å². The van der Waals surface area contributed by atoms with Gasteiger partial charge >= 0.3 is 0 Å². The Hall–Kier alpha value is -2.87. The average molecular weight is 442 g/mol. The molecule has 2 fully saturated rings. The molecule has 0 aliphatic carbocycles. The van der Waals surface area contributed by atoms with Gasteiger partial charge in [-0.05, 0) is 74.6 Å². The number of amides is 2. The first-order valence-corrected chi connectivity index (χ1v) is 12.2. The van der Waals surface area contributed by atoms with Crippen molar-refractivity contribution < 1.29 is 18.0 Å². The van der Waals surface area contributed by atoms with Crippen LogP contribution >= 0.6 is 0 Å². The van der Waals surface area contributed by atoms with Gasteiger partial charge in [-0.1, -0.05) is 6.07 Å². The summed E-state index contributed by atoms with van der Waals surface area (Å²) in [5.41, 5.74) is 4.19. The van der Waals surface area contributed by atoms with Gasteiger partial charge in [-0.25, -0.2) is 8.42 Å². The molecule has 0 atom stereocenters. The second-order valence-electron chi connectivity index (χ2n) is 8.20. The summed E-state index contributed by atoms with van der Waals surface area (Å²) >= 11 is 0. The molecule has 2 aromatic carbocycles. The Morgan fingerprint density at radius 2 is 1.74 bits per heavy atom. The molecule has 2 aliphatic rings. The van der Waals surface area contributed by atoms with Crippen molar-refractivity contribution in [1.29, 1.82) is 0 Å². The van der Waals surface area contributed by atoms with Gasteiger partial charge in [-0.15, -0.1) is 0 Å². The van der Waals surface area contributed by atoms with Crippen LogP contribution in [0.2, 0.25) is 0 Å². The molecule has 0 spiro atoms. The summed E-state index contributed by atoms with van der Waals surface area (Å²) in [5.74, 6) is -0.0478. The zero-order chi connectivity index (χ0) is 22.2. The SMILES string of the molecule is Cc1cc(NC(=O)c2ccc(C)c(N3CCCCS3(=O)=O)c2)ccc1N1CCCC1=O.